The van der Waals surface area contributed by atoms with Gasteiger partial charge in [0.2, 0.25) is 0 Å². The number of rotatable bonds is 4. The largest absolute Gasteiger partial charge is 0.396 e. The number of benzene rings is 1. The number of primary amides is 1. The van der Waals surface area contributed by atoms with Crippen molar-refractivity contribution in [3.63, 3.8) is 0 Å². The molecule has 0 heterocycles. The minimum absolute atomic E-state index is 0.00154. The summed E-state index contributed by atoms with van der Waals surface area (Å²) in [7, 11) is 0. The molecule has 15 heavy (non-hydrogen) atoms. The first-order valence-corrected chi connectivity index (χ1v) is 5.05. The first-order valence-electron chi connectivity index (χ1n) is 4.29. The van der Waals surface area contributed by atoms with Gasteiger partial charge in [0.15, 0.2) is 0 Å². The van der Waals surface area contributed by atoms with Gasteiger partial charge >= 0.3 is 0 Å². The van der Waals surface area contributed by atoms with Crippen LogP contribution in [-0.2, 0) is 0 Å². The van der Waals surface area contributed by atoms with Crippen LogP contribution in [0.15, 0.2) is 12.1 Å². The van der Waals surface area contributed by atoms with Crippen molar-refractivity contribution in [2.75, 3.05) is 6.61 Å². The zero-order valence-electron chi connectivity index (χ0n) is 7.84. The monoisotopic (exact) mass is 246 g/mol. The molecule has 0 saturated carbocycles. The molecule has 0 bridgehead atoms. The van der Waals surface area contributed by atoms with E-state index in [-0.39, 0.29) is 22.2 Å². The Labute approximate surface area is 97.8 Å². The normalized spacial score (nSPS) is 10.3. The number of hydrogen-bond donors (Lipinski definition) is 2. The van der Waals surface area contributed by atoms with Gasteiger partial charge in [0, 0.05) is 6.61 Å². The van der Waals surface area contributed by atoms with Crippen LogP contribution in [-0.4, -0.2) is 17.6 Å². The van der Waals surface area contributed by atoms with E-state index in [9.17, 15) is 4.79 Å². The SMILES string of the molecule is NC(=O)c1c([CH]CCO)ccc(Cl)c1Cl. The molecule has 0 aliphatic carbocycles. The van der Waals surface area contributed by atoms with Gasteiger partial charge in [-0.3, -0.25) is 4.79 Å². The first kappa shape index (κ1) is 12.3. The Balaban J connectivity index is 3.15. The third-order valence-corrected chi connectivity index (χ3v) is 2.67. The smallest absolute Gasteiger partial charge is 0.250 e. The highest BCUT2D eigenvalue weighted by atomic mass is 35.5. The van der Waals surface area contributed by atoms with E-state index in [1.165, 1.54) is 0 Å². The number of carbonyl (C=O) groups is 1. The molecule has 1 aromatic rings. The van der Waals surface area contributed by atoms with E-state index >= 15 is 0 Å². The Hall–Kier alpha value is -0.770. The fourth-order valence-electron chi connectivity index (χ4n) is 1.21. The fourth-order valence-corrected chi connectivity index (χ4v) is 1.63. The number of aliphatic hydroxyl groups is 1. The van der Waals surface area contributed by atoms with E-state index in [0.29, 0.717) is 12.0 Å². The average molecular weight is 247 g/mol. The molecule has 0 fully saturated rings. The fraction of sp³-hybridized carbons (Fsp3) is 0.200. The van der Waals surface area contributed by atoms with Crippen molar-refractivity contribution >= 4 is 29.1 Å². The second-order valence-electron chi connectivity index (χ2n) is 2.91. The van der Waals surface area contributed by atoms with Gasteiger partial charge in [-0.05, 0) is 24.5 Å². The molecule has 0 aromatic heterocycles. The molecule has 0 spiro atoms. The van der Waals surface area contributed by atoms with E-state index in [1.54, 1.807) is 18.6 Å². The van der Waals surface area contributed by atoms with Crippen LogP contribution in [0.2, 0.25) is 10.0 Å². The summed E-state index contributed by atoms with van der Waals surface area (Å²) >= 11 is 11.6. The van der Waals surface area contributed by atoms with E-state index in [2.05, 4.69) is 0 Å². The maximum atomic E-state index is 11.2. The number of amides is 1. The van der Waals surface area contributed by atoms with Crippen LogP contribution in [0.5, 0.6) is 0 Å². The molecule has 1 radical (unpaired) electrons. The van der Waals surface area contributed by atoms with Gasteiger partial charge in [0.05, 0.1) is 15.6 Å². The van der Waals surface area contributed by atoms with Gasteiger partial charge in [-0.15, -0.1) is 0 Å². The second-order valence-corrected chi connectivity index (χ2v) is 3.69. The Bertz CT molecular complexity index is 380. The molecule has 5 heteroatoms. The van der Waals surface area contributed by atoms with Crippen LogP contribution in [0, 0.1) is 6.42 Å². The van der Waals surface area contributed by atoms with Crippen LogP contribution >= 0.6 is 23.2 Å². The van der Waals surface area contributed by atoms with Crippen molar-refractivity contribution in [3.05, 3.63) is 39.7 Å². The van der Waals surface area contributed by atoms with Crippen molar-refractivity contribution in [1.29, 1.82) is 0 Å². The molecule has 0 saturated heterocycles. The summed E-state index contributed by atoms with van der Waals surface area (Å²) in [5.74, 6) is -0.633. The Morgan fingerprint density at radius 3 is 2.67 bits per heavy atom. The van der Waals surface area contributed by atoms with Crippen LogP contribution < -0.4 is 5.73 Å². The van der Waals surface area contributed by atoms with Crippen LogP contribution in [0.3, 0.4) is 0 Å². The lowest BCUT2D eigenvalue weighted by Crippen LogP contribution is -2.14. The summed E-state index contributed by atoms with van der Waals surface area (Å²) in [6.07, 6.45) is 2.11. The predicted molar refractivity (Wildman–Crippen MR) is 60.1 cm³/mol. The molecule has 0 unspecified atom stereocenters. The second kappa shape index (κ2) is 5.35. The zero-order chi connectivity index (χ0) is 11.4. The molecule has 3 nitrogen and oxygen atoms in total. The van der Waals surface area contributed by atoms with Crippen molar-refractivity contribution in [1.82, 2.24) is 0 Å². The van der Waals surface area contributed by atoms with Crippen molar-refractivity contribution in [2.45, 2.75) is 6.42 Å². The lowest BCUT2D eigenvalue weighted by Gasteiger charge is -2.08. The first-order chi connectivity index (χ1) is 7.07. The van der Waals surface area contributed by atoms with E-state index in [4.69, 9.17) is 34.0 Å². The maximum Gasteiger partial charge on any atom is 0.250 e. The lowest BCUT2D eigenvalue weighted by atomic mass is 10.0. The third-order valence-electron chi connectivity index (χ3n) is 1.87. The highest BCUT2D eigenvalue weighted by Crippen LogP contribution is 2.29. The van der Waals surface area contributed by atoms with Crippen molar-refractivity contribution < 1.29 is 9.90 Å². The molecule has 1 amide bonds. The molecule has 0 aliphatic heterocycles. The zero-order valence-corrected chi connectivity index (χ0v) is 9.35. The van der Waals surface area contributed by atoms with E-state index in [1.807, 2.05) is 0 Å². The molecular formula is C10H10Cl2NO2. The summed E-state index contributed by atoms with van der Waals surface area (Å²) in [6, 6.07) is 3.23. The van der Waals surface area contributed by atoms with Gasteiger partial charge in [0.25, 0.3) is 5.91 Å². The summed E-state index contributed by atoms with van der Waals surface area (Å²) in [6.45, 7) is -0.00154. The van der Waals surface area contributed by atoms with Crippen LogP contribution in [0.4, 0.5) is 0 Å². The van der Waals surface area contributed by atoms with Gasteiger partial charge in [-0.1, -0.05) is 29.3 Å². The summed E-state index contributed by atoms with van der Waals surface area (Å²) in [5, 5.41) is 9.11. The minimum Gasteiger partial charge on any atom is -0.396 e. The third kappa shape index (κ3) is 2.84. The van der Waals surface area contributed by atoms with Crippen LogP contribution in [0.25, 0.3) is 0 Å². The van der Waals surface area contributed by atoms with Gasteiger partial charge in [0.1, 0.15) is 0 Å². The lowest BCUT2D eigenvalue weighted by molar-refractivity contribution is 0.1000. The number of halogens is 2. The Morgan fingerprint density at radius 2 is 2.13 bits per heavy atom. The highest BCUT2D eigenvalue weighted by Gasteiger charge is 2.15. The van der Waals surface area contributed by atoms with Gasteiger partial charge in [-0.2, -0.15) is 0 Å². The van der Waals surface area contributed by atoms with E-state index < -0.39 is 5.91 Å². The highest BCUT2D eigenvalue weighted by molar-refractivity contribution is 6.44. The minimum atomic E-state index is -0.633. The standard InChI is InChI=1S/C10H10Cl2NO2/c11-7-4-3-6(2-1-5-14)8(9(7)12)10(13)15/h2-4,14H,1,5H2,(H2,13,15). The molecule has 1 rings (SSSR count). The average Bonchev–Trinajstić information content (AvgIpc) is 2.19. The molecule has 81 valence electrons. The summed E-state index contributed by atoms with van der Waals surface area (Å²) in [5.41, 5.74) is 5.97. The number of nitrogens with two attached hydrogens (primary N) is 1. The van der Waals surface area contributed by atoms with Gasteiger partial charge in [-0.25, -0.2) is 0 Å². The van der Waals surface area contributed by atoms with Crippen molar-refractivity contribution in [3.8, 4) is 0 Å². The molecule has 3 N–H and O–H groups in total. The molecule has 0 atom stereocenters. The maximum absolute atomic E-state index is 11.2. The quantitative estimate of drug-likeness (QED) is 0.854. The Kier molecular flexibility index (Phi) is 4.39. The molecular weight excluding hydrogens is 237 g/mol. The van der Waals surface area contributed by atoms with Gasteiger partial charge < -0.3 is 10.8 Å². The van der Waals surface area contributed by atoms with E-state index in [0.717, 1.165) is 0 Å². The van der Waals surface area contributed by atoms with Crippen molar-refractivity contribution in [2.24, 2.45) is 5.73 Å². The summed E-state index contributed by atoms with van der Waals surface area (Å²) < 4.78 is 0. The Morgan fingerprint density at radius 1 is 1.47 bits per heavy atom. The topological polar surface area (TPSA) is 63.3 Å². The summed E-state index contributed by atoms with van der Waals surface area (Å²) in [4.78, 5) is 11.2. The predicted octanol–water partition coefficient (Wildman–Crippen LogP) is 2.03. The number of carbonyl (C=O) groups excluding carboxylic acids is 1. The molecule has 0 aliphatic rings. The van der Waals surface area contributed by atoms with Crippen LogP contribution in [0.1, 0.15) is 22.3 Å². The molecule has 1 aromatic carbocycles. The number of aliphatic hydroxyl groups excluding tert-OH is 1. The number of hydrogen-bond acceptors (Lipinski definition) is 2.